The van der Waals surface area contributed by atoms with Gasteiger partial charge in [0.1, 0.15) is 10.8 Å². The van der Waals surface area contributed by atoms with Gasteiger partial charge in [0.2, 0.25) is 0 Å². The minimum atomic E-state index is -0.625. The number of amides is 1. The Bertz CT molecular complexity index is 491. The Balaban J connectivity index is 1.76. The van der Waals surface area contributed by atoms with Crippen LogP contribution in [0.4, 0.5) is 0 Å². The molecule has 3 rings (SSSR count). The number of nitrogens with zero attached hydrogens (tertiary/aromatic N) is 3. The van der Waals surface area contributed by atoms with Crippen molar-refractivity contribution in [2.24, 2.45) is 0 Å². The second-order valence-corrected chi connectivity index (χ2v) is 5.05. The van der Waals surface area contributed by atoms with E-state index >= 15 is 0 Å². The number of carbonyl (C=O) groups excluding carboxylic acids is 1. The summed E-state index contributed by atoms with van der Waals surface area (Å²) in [6.45, 7) is 2.26. The van der Waals surface area contributed by atoms with Crippen LogP contribution in [0.3, 0.4) is 0 Å². The molecule has 0 unspecified atom stereocenters. The third-order valence-electron chi connectivity index (χ3n) is 3.34. The lowest BCUT2D eigenvalue weighted by Crippen LogP contribution is -2.51. The van der Waals surface area contributed by atoms with Gasteiger partial charge in [0.05, 0.1) is 32.2 Å². The van der Waals surface area contributed by atoms with E-state index in [-0.39, 0.29) is 16.8 Å². The van der Waals surface area contributed by atoms with Gasteiger partial charge in [0, 0.05) is 13.0 Å². The lowest BCUT2D eigenvalue weighted by atomic mass is 10.0. The first kappa shape index (κ1) is 12.8. The van der Waals surface area contributed by atoms with E-state index in [0.717, 1.165) is 12.8 Å². The van der Waals surface area contributed by atoms with Gasteiger partial charge in [-0.1, -0.05) is 11.6 Å². The van der Waals surface area contributed by atoms with Crippen molar-refractivity contribution in [2.75, 3.05) is 26.3 Å². The summed E-state index contributed by atoms with van der Waals surface area (Å²) in [4.78, 5) is 21.9. The average molecular weight is 284 g/mol. The van der Waals surface area contributed by atoms with E-state index in [0.29, 0.717) is 26.3 Å². The van der Waals surface area contributed by atoms with Crippen LogP contribution in [0.25, 0.3) is 0 Å². The minimum absolute atomic E-state index is 0.187. The normalized spacial score (nSPS) is 21.8. The summed E-state index contributed by atoms with van der Waals surface area (Å²) in [5, 5.41) is 0.214. The van der Waals surface area contributed by atoms with Crippen LogP contribution in [0.1, 0.15) is 23.3 Å². The smallest absolute Gasteiger partial charge is 0.274 e. The molecule has 3 heterocycles. The van der Waals surface area contributed by atoms with E-state index in [2.05, 4.69) is 9.97 Å². The van der Waals surface area contributed by atoms with Crippen molar-refractivity contribution in [3.8, 4) is 0 Å². The molecule has 0 aromatic carbocycles. The van der Waals surface area contributed by atoms with Gasteiger partial charge in [-0.3, -0.25) is 9.78 Å². The van der Waals surface area contributed by atoms with Crippen molar-refractivity contribution in [3.63, 3.8) is 0 Å². The number of piperidine rings is 1. The predicted molar refractivity (Wildman–Crippen MR) is 66.8 cm³/mol. The van der Waals surface area contributed by atoms with Crippen molar-refractivity contribution < 1.29 is 14.3 Å². The summed E-state index contributed by atoms with van der Waals surface area (Å²) in [7, 11) is 0. The molecule has 0 saturated carbocycles. The number of aromatic nitrogens is 2. The molecular formula is C12H14ClN3O3. The Morgan fingerprint density at radius 3 is 2.89 bits per heavy atom. The molecule has 0 bridgehead atoms. The van der Waals surface area contributed by atoms with E-state index in [9.17, 15) is 4.79 Å². The molecule has 2 saturated heterocycles. The van der Waals surface area contributed by atoms with Gasteiger partial charge in [0.25, 0.3) is 5.91 Å². The molecule has 0 atom stereocenters. The number of halogens is 1. The lowest BCUT2D eigenvalue weighted by molar-refractivity contribution is -0.183. The molecule has 102 valence electrons. The number of rotatable bonds is 1. The third kappa shape index (κ3) is 2.56. The van der Waals surface area contributed by atoms with Crippen LogP contribution in [0.5, 0.6) is 0 Å². The van der Waals surface area contributed by atoms with E-state index in [1.54, 1.807) is 4.90 Å². The zero-order valence-electron chi connectivity index (χ0n) is 10.3. The maximum Gasteiger partial charge on any atom is 0.274 e. The highest BCUT2D eigenvalue weighted by Crippen LogP contribution is 2.30. The zero-order chi connectivity index (χ0) is 13.3. The SMILES string of the molecule is O=C(c1cncc(Cl)n1)N1CCCC2(C1)OCCO2. The fraction of sp³-hybridized carbons (Fsp3) is 0.583. The number of carbonyl (C=O) groups is 1. The monoisotopic (exact) mass is 283 g/mol. The van der Waals surface area contributed by atoms with E-state index < -0.39 is 5.79 Å². The first-order chi connectivity index (χ1) is 9.19. The average Bonchev–Trinajstić information content (AvgIpc) is 2.86. The van der Waals surface area contributed by atoms with E-state index in [4.69, 9.17) is 21.1 Å². The molecule has 2 aliphatic heterocycles. The molecule has 2 aliphatic rings. The molecule has 0 N–H and O–H groups in total. The summed E-state index contributed by atoms with van der Waals surface area (Å²) in [6.07, 6.45) is 4.49. The van der Waals surface area contributed by atoms with Crippen LogP contribution in [-0.4, -0.2) is 52.9 Å². The van der Waals surface area contributed by atoms with E-state index in [1.807, 2.05) is 0 Å². The highest BCUT2D eigenvalue weighted by molar-refractivity contribution is 6.29. The topological polar surface area (TPSA) is 64.6 Å². The highest BCUT2D eigenvalue weighted by atomic mass is 35.5. The minimum Gasteiger partial charge on any atom is -0.346 e. The quantitative estimate of drug-likeness (QED) is 0.772. The lowest BCUT2D eigenvalue weighted by Gasteiger charge is -2.38. The predicted octanol–water partition coefficient (Wildman–Crippen LogP) is 1.11. The summed E-state index contributed by atoms with van der Waals surface area (Å²) in [5.74, 6) is -0.812. The van der Waals surface area contributed by atoms with Gasteiger partial charge in [0.15, 0.2) is 5.79 Å². The molecule has 2 fully saturated rings. The molecule has 19 heavy (non-hydrogen) atoms. The zero-order valence-corrected chi connectivity index (χ0v) is 11.1. The third-order valence-corrected chi connectivity index (χ3v) is 3.52. The molecule has 1 spiro atoms. The maximum absolute atomic E-state index is 12.3. The second kappa shape index (κ2) is 5.03. The van der Waals surface area contributed by atoms with Crippen molar-refractivity contribution in [3.05, 3.63) is 23.2 Å². The van der Waals surface area contributed by atoms with Crippen molar-refractivity contribution in [2.45, 2.75) is 18.6 Å². The van der Waals surface area contributed by atoms with Gasteiger partial charge >= 0.3 is 0 Å². The summed E-state index contributed by atoms with van der Waals surface area (Å²) < 4.78 is 11.3. The largest absolute Gasteiger partial charge is 0.346 e. The van der Waals surface area contributed by atoms with Gasteiger partial charge in [-0.25, -0.2) is 4.98 Å². The molecule has 1 aromatic heterocycles. The fourth-order valence-electron chi connectivity index (χ4n) is 2.50. The standard InChI is InChI=1S/C12H14ClN3O3/c13-10-7-14-6-9(15-10)11(17)16-3-1-2-12(8-16)18-4-5-19-12/h6-7H,1-5,8H2. The van der Waals surface area contributed by atoms with Crippen molar-refractivity contribution in [1.29, 1.82) is 0 Å². The molecule has 6 nitrogen and oxygen atoms in total. The van der Waals surface area contributed by atoms with Gasteiger partial charge < -0.3 is 14.4 Å². The van der Waals surface area contributed by atoms with Crippen LogP contribution in [-0.2, 0) is 9.47 Å². The van der Waals surface area contributed by atoms with Gasteiger partial charge in [-0.15, -0.1) is 0 Å². The van der Waals surface area contributed by atoms with Crippen LogP contribution in [0.15, 0.2) is 12.4 Å². The Morgan fingerprint density at radius 2 is 2.16 bits per heavy atom. The number of hydrogen-bond donors (Lipinski definition) is 0. The van der Waals surface area contributed by atoms with Gasteiger partial charge in [-0.05, 0) is 6.42 Å². The highest BCUT2D eigenvalue weighted by Gasteiger charge is 2.42. The Morgan fingerprint density at radius 1 is 1.37 bits per heavy atom. The molecule has 0 aliphatic carbocycles. The second-order valence-electron chi connectivity index (χ2n) is 4.66. The summed E-state index contributed by atoms with van der Waals surface area (Å²) in [6, 6.07) is 0. The van der Waals surface area contributed by atoms with Crippen LogP contribution >= 0.6 is 11.6 Å². The maximum atomic E-state index is 12.3. The summed E-state index contributed by atoms with van der Waals surface area (Å²) in [5.41, 5.74) is 0.252. The molecule has 7 heteroatoms. The van der Waals surface area contributed by atoms with Gasteiger partial charge in [-0.2, -0.15) is 0 Å². The van der Waals surface area contributed by atoms with E-state index in [1.165, 1.54) is 12.4 Å². The summed E-state index contributed by atoms with van der Waals surface area (Å²) >= 11 is 5.75. The molecular weight excluding hydrogens is 270 g/mol. The first-order valence-electron chi connectivity index (χ1n) is 6.23. The Hall–Kier alpha value is -1.24. The molecule has 1 aromatic rings. The van der Waals surface area contributed by atoms with Crippen LogP contribution < -0.4 is 0 Å². The first-order valence-corrected chi connectivity index (χ1v) is 6.61. The molecule has 1 amide bonds. The number of ether oxygens (including phenoxy) is 2. The van der Waals surface area contributed by atoms with Crippen molar-refractivity contribution in [1.82, 2.24) is 14.9 Å². The number of hydrogen-bond acceptors (Lipinski definition) is 5. The number of likely N-dealkylation sites (tertiary alicyclic amines) is 1. The van der Waals surface area contributed by atoms with Crippen LogP contribution in [0.2, 0.25) is 5.15 Å². The van der Waals surface area contributed by atoms with Crippen LogP contribution in [0, 0.1) is 0 Å². The Kier molecular flexibility index (Phi) is 3.38. The fourth-order valence-corrected chi connectivity index (χ4v) is 2.65. The van der Waals surface area contributed by atoms with Crippen molar-refractivity contribution >= 4 is 17.5 Å². The Labute approximate surface area is 115 Å². The molecule has 0 radical (unpaired) electrons.